The minimum Gasteiger partial charge on any atom is -0.271 e. The standard InChI is InChI=1S/C11H11F2N3S/c1-6-15-5-9(17-6)11(16-14)7-3-2-4-8(12)10(7)13/h2-5,11,16H,14H2,1H3. The highest BCUT2D eigenvalue weighted by molar-refractivity contribution is 7.11. The number of nitrogens with one attached hydrogen (secondary N) is 1. The zero-order valence-corrected chi connectivity index (χ0v) is 9.89. The van der Waals surface area contributed by atoms with Crippen LogP contribution in [0.25, 0.3) is 0 Å². The van der Waals surface area contributed by atoms with Crippen molar-refractivity contribution in [1.82, 2.24) is 10.4 Å². The number of aryl methyl sites for hydroxylation is 1. The van der Waals surface area contributed by atoms with Gasteiger partial charge in [0, 0.05) is 16.6 Å². The van der Waals surface area contributed by atoms with Crippen LogP contribution in [0.3, 0.4) is 0 Å². The fraction of sp³-hybridized carbons (Fsp3) is 0.182. The molecule has 1 aromatic carbocycles. The topological polar surface area (TPSA) is 50.9 Å². The van der Waals surface area contributed by atoms with Gasteiger partial charge < -0.3 is 0 Å². The Morgan fingerprint density at radius 1 is 1.41 bits per heavy atom. The monoisotopic (exact) mass is 255 g/mol. The number of aromatic nitrogens is 1. The third kappa shape index (κ3) is 2.33. The minimum absolute atomic E-state index is 0.177. The van der Waals surface area contributed by atoms with Gasteiger partial charge in [-0.1, -0.05) is 12.1 Å². The molecule has 0 amide bonds. The Morgan fingerprint density at radius 2 is 2.18 bits per heavy atom. The van der Waals surface area contributed by atoms with Gasteiger partial charge in [-0.25, -0.2) is 19.2 Å². The average molecular weight is 255 g/mol. The summed E-state index contributed by atoms with van der Waals surface area (Å²) in [5.74, 6) is 3.63. The zero-order chi connectivity index (χ0) is 12.4. The van der Waals surface area contributed by atoms with E-state index in [1.54, 1.807) is 6.20 Å². The summed E-state index contributed by atoms with van der Waals surface area (Å²) in [6.45, 7) is 1.84. The van der Waals surface area contributed by atoms with Crippen LogP contribution in [-0.2, 0) is 0 Å². The number of nitrogens with two attached hydrogens (primary N) is 1. The first-order valence-corrected chi connectivity index (χ1v) is 5.77. The van der Waals surface area contributed by atoms with E-state index in [2.05, 4.69) is 10.4 Å². The molecule has 0 aliphatic heterocycles. The van der Waals surface area contributed by atoms with Crippen LogP contribution in [-0.4, -0.2) is 4.98 Å². The normalized spacial score (nSPS) is 12.7. The molecule has 1 aromatic heterocycles. The lowest BCUT2D eigenvalue weighted by atomic mass is 10.1. The van der Waals surface area contributed by atoms with E-state index < -0.39 is 17.7 Å². The number of nitrogens with zero attached hydrogens (tertiary/aromatic N) is 1. The summed E-state index contributed by atoms with van der Waals surface area (Å²) in [5, 5.41) is 0.845. The molecule has 2 aromatic rings. The summed E-state index contributed by atoms with van der Waals surface area (Å²) in [5.41, 5.74) is 2.66. The highest BCUT2D eigenvalue weighted by Gasteiger charge is 2.20. The Labute approximate surface area is 101 Å². The van der Waals surface area contributed by atoms with Gasteiger partial charge in [-0.05, 0) is 13.0 Å². The molecule has 0 radical (unpaired) electrons. The van der Waals surface area contributed by atoms with Crippen LogP contribution in [0.1, 0.15) is 21.5 Å². The van der Waals surface area contributed by atoms with Gasteiger partial charge in [0.1, 0.15) is 0 Å². The van der Waals surface area contributed by atoms with Crippen molar-refractivity contribution >= 4 is 11.3 Å². The second-order valence-corrected chi connectivity index (χ2v) is 4.79. The number of halogens is 2. The van der Waals surface area contributed by atoms with Crippen LogP contribution < -0.4 is 11.3 Å². The van der Waals surface area contributed by atoms with E-state index in [9.17, 15) is 8.78 Å². The Bertz CT molecular complexity index is 527. The second-order valence-electron chi connectivity index (χ2n) is 3.52. The van der Waals surface area contributed by atoms with Gasteiger partial charge in [-0.15, -0.1) is 11.3 Å². The Balaban J connectivity index is 2.45. The fourth-order valence-electron chi connectivity index (χ4n) is 1.58. The highest BCUT2D eigenvalue weighted by Crippen LogP contribution is 2.28. The van der Waals surface area contributed by atoms with Gasteiger partial charge >= 0.3 is 0 Å². The lowest BCUT2D eigenvalue weighted by molar-refractivity contribution is 0.484. The third-order valence-electron chi connectivity index (χ3n) is 2.38. The van der Waals surface area contributed by atoms with Crippen molar-refractivity contribution in [3.63, 3.8) is 0 Å². The van der Waals surface area contributed by atoms with Crippen molar-refractivity contribution < 1.29 is 8.78 Å². The molecule has 17 heavy (non-hydrogen) atoms. The molecule has 3 nitrogen and oxygen atoms in total. The van der Waals surface area contributed by atoms with Crippen molar-refractivity contribution in [3.8, 4) is 0 Å². The molecule has 6 heteroatoms. The smallest absolute Gasteiger partial charge is 0.164 e. The maximum absolute atomic E-state index is 13.6. The van der Waals surface area contributed by atoms with E-state index in [4.69, 9.17) is 5.84 Å². The maximum atomic E-state index is 13.6. The number of hydrazine groups is 1. The molecule has 1 unspecified atom stereocenters. The van der Waals surface area contributed by atoms with Crippen LogP contribution in [0.4, 0.5) is 8.78 Å². The van der Waals surface area contributed by atoms with E-state index in [0.717, 1.165) is 16.0 Å². The number of rotatable bonds is 3. The number of hydrogen-bond acceptors (Lipinski definition) is 4. The minimum atomic E-state index is -0.887. The maximum Gasteiger partial charge on any atom is 0.164 e. The van der Waals surface area contributed by atoms with Crippen LogP contribution in [0.15, 0.2) is 24.4 Å². The van der Waals surface area contributed by atoms with Crippen molar-refractivity contribution in [2.45, 2.75) is 13.0 Å². The molecule has 1 atom stereocenters. The van der Waals surface area contributed by atoms with E-state index in [-0.39, 0.29) is 5.56 Å². The van der Waals surface area contributed by atoms with Crippen LogP contribution in [0.2, 0.25) is 0 Å². The number of hydrogen-bond donors (Lipinski definition) is 2. The van der Waals surface area contributed by atoms with Gasteiger partial charge in [0.05, 0.1) is 11.0 Å². The quantitative estimate of drug-likeness (QED) is 0.653. The van der Waals surface area contributed by atoms with Crippen LogP contribution >= 0.6 is 11.3 Å². The molecular weight excluding hydrogens is 244 g/mol. The number of thiazole rings is 1. The van der Waals surface area contributed by atoms with Gasteiger partial charge in [-0.3, -0.25) is 5.84 Å². The predicted octanol–water partition coefficient (Wildman–Crippen LogP) is 2.28. The Hall–Kier alpha value is -1.37. The number of benzene rings is 1. The molecule has 0 aliphatic rings. The summed E-state index contributed by atoms with van der Waals surface area (Å²) < 4.78 is 26.8. The van der Waals surface area contributed by atoms with Crippen LogP contribution in [0.5, 0.6) is 0 Å². The predicted molar refractivity (Wildman–Crippen MR) is 62.4 cm³/mol. The van der Waals surface area contributed by atoms with Crippen molar-refractivity contribution in [3.05, 3.63) is 51.5 Å². The van der Waals surface area contributed by atoms with E-state index in [0.29, 0.717) is 0 Å². The van der Waals surface area contributed by atoms with E-state index in [1.165, 1.54) is 23.5 Å². The van der Waals surface area contributed by atoms with E-state index in [1.807, 2.05) is 6.92 Å². The molecule has 0 spiro atoms. The summed E-state index contributed by atoms with van der Waals surface area (Å²) in [6, 6.07) is 3.44. The van der Waals surface area contributed by atoms with Crippen molar-refractivity contribution in [1.29, 1.82) is 0 Å². The first kappa shape index (κ1) is 12.1. The molecule has 90 valence electrons. The van der Waals surface area contributed by atoms with Gasteiger partial charge in [0.2, 0.25) is 0 Å². The Kier molecular flexibility index (Phi) is 3.46. The first-order chi connectivity index (χ1) is 8.13. The summed E-state index contributed by atoms with van der Waals surface area (Å²) in [4.78, 5) is 4.81. The molecule has 0 bridgehead atoms. The summed E-state index contributed by atoms with van der Waals surface area (Å²) >= 11 is 1.39. The summed E-state index contributed by atoms with van der Waals surface area (Å²) in [6.07, 6.45) is 1.61. The SMILES string of the molecule is Cc1ncc(C(NN)c2cccc(F)c2F)s1. The Morgan fingerprint density at radius 3 is 2.76 bits per heavy atom. The van der Waals surface area contributed by atoms with Crippen molar-refractivity contribution in [2.75, 3.05) is 0 Å². The van der Waals surface area contributed by atoms with E-state index >= 15 is 0 Å². The molecule has 0 saturated heterocycles. The first-order valence-electron chi connectivity index (χ1n) is 4.96. The van der Waals surface area contributed by atoms with Gasteiger partial charge in [-0.2, -0.15) is 0 Å². The lowest BCUT2D eigenvalue weighted by Gasteiger charge is -2.15. The lowest BCUT2D eigenvalue weighted by Crippen LogP contribution is -2.29. The second kappa shape index (κ2) is 4.87. The summed E-state index contributed by atoms with van der Waals surface area (Å²) in [7, 11) is 0. The molecule has 0 aliphatic carbocycles. The fourth-order valence-corrected chi connectivity index (χ4v) is 2.44. The molecule has 1 heterocycles. The molecule has 0 saturated carbocycles. The highest BCUT2D eigenvalue weighted by atomic mass is 32.1. The molecular formula is C11H11F2N3S. The third-order valence-corrected chi connectivity index (χ3v) is 3.36. The van der Waals surface area contributed by atoms with Crippen molar-refractivity contribution in [2.24, 2.45) is 5.84 Å². The molecule has 0 fully saturated rings. The van der Waals surface area contributed by atoms with Crippen LogP contribution in [0, 0.1) is 18.6 Å². The van der Waals surface area contributed by atoms with Gasteiger partial charge in [0.15, 0.2) is 11.6 Å². The van der Waals surface area contributed by atoms with Gasteiger partial charge in [0.25, 0.3) is 0 Å². The largest absolute Gasteiger partial charge is 0.271 e. The molecule has 2 rings (SSSR count). The molecule has 3 N–H and O–H groups in total. The zero-order valence-electron chi connectivity index (χ0n) is 9.08. The average Bonchev–Trinajstić information content (AvgIpc) is 2.72.